The molecule has 2 aromatic carbocycles. The number of rotatable bonds is 6. The lowest BCUT2D eigenvalue weighted by molar-refractivity contribution is -0.138. The third-order valence-corrected chi connectivity index (χ3v) is 6.17. The summed E-state index contributed by atoms with van der Waals surface area (Å²) < 4.78 is 10.5. The maximum Gasteiger partial charge on any atom is 0.337 e. The molecule has 2 aliphatic rings. The summed E-state index contributed by atoms with van der Waals surface area (Å²) in [5.74, 6) is 0.282. The fourth-order valence-corrected chi connectivity index (χ4v) is 4.91. The maximum atomic E-state index is 12.9. The molecule has 0 aromatic heterocycles. The second kappa shape index (κ2) is 7.56. The molecule has 142 valence electrons. The molecule has 1 fully saturated rings. The van der Waals surface area contributed by atoms with Gasteiger partial charge in [-0.25, -0.2) is 4.79 Å². The van der Waals surface area contributed by atoms with E-state index in [-0.39, 0.29) is 23.8 Å². The summed E-state index contributed by atoms with van der Waals surface area (Å²) in [4.78, 5) is 28.2. The molecular weight excluding hydrogens is 374 g/mol. The van der Waals surface area contributed by atoms with Crippen LogP contribution in [0.5, 0.6) is 5.75 Å². The van der Waals surface area contributed by atoms with Gasteiger partial charge in [-0.05, 0) is 29.8 Å². The van der Waals surface area contributed by atoms with E-state index in [1.54, 1.807) is 24.1 Å². The zero-order chi connectivity index (χ0) is 19.7. The Balaban J connectivity index is 1.74. The van der Waals surface area contributed by atoms with Crippen molar-refractivity contribution in [1.29, 1.82) is 0 Å². The van der Waals surface area contributed by atoms with Crippen LogP contribution < -0.4 is 9.64 Å². The number of benzene rings is 2. The van der Waals surface area contributed by atoms with Crippen molar-refractivity contribution in [1.82, 2.24) is 0 Å². The molecule has 0 bridgehead atoms. The number of carbonyl (C=O) groups is 2. The van der Waals surface area contributed by atoms with Crippen molar-refractivity contribution >= 4 is 34.2 Å². The number of ether oxygens (including phenoxy) is 2. The smallest absolute Gasteiger partial charge is 0.337 e. The average Bonchev–Trinajstić information content (AvgIpc) is 3.09. The van der Waals surface area contributed by atoms with Crippen molar-refractivity contribution in [3.63, 3.8) is 0 Å². The van der Waals surface area contributed by atoms with E-state index in [1.165, 1.54) is 17.8 Å². The molecule has 5 nitrogen and oxygen atoms in total. The number of carbonyl (C=O) groups excluding carboxylic acids is 2. The van der Waals surface area contributed by atoms with E-state index in [2.05, 4.69) is 6.58 Å². The van der Waals surface area contributed by atoms with Crippen LogP contribution in [0.4, 0.5) is 5.69 Å². The van der Waals surface area contributed by atoms with Gasteiger partial charge in [-0.2, -0.15) is 0 Å². The third-order valence-electron chi connectivity index (χ3n) is 4.77. The summed E-state index contributed by atoms with van der Waals surface area (Å²) >= 11 is 1.43. The molecule has 2 heterocycles. The standard InChI is InChI=1S/C22H19NO4S/c1-3-13-27-22(25)17-18-20(28-19(17)14-7-5-4-6-8-14)21(24)23(18)15-9-11-16(26-2)12-10-15/h3-12,18,20H,1,13H2,2H3/t18-,20+/m1/s1. The molecular formula is C22H19NO4S. The minimum atomic E-state index is -0.412. The lowest BCUT2D eigenvalue weighted by atomic mass is 9.91. The lowest BCUT2D eigenvalue weighted by Gasteiger charge is -2.43. The number of thioether (sulfide) groups is 1. The Hall–Kier alpha value is -2.99. The van der Waals surface area contributed by atoms with Crippen molar-refractivity contribution in [3.8, 4) is 5.75 Å². The van der Waals surface area contributed by atoms with Gasteiger partial charge in [0.25, 0.3) is 0 Å². The average molecular weight is 393 g/mol. The van der Waals surface area contributed by atoms with Crippen molar-refractivity contribution in [3.05, 3.63) is 78.4 Å². The molecule has 28 heavy (non-hydrogen) atoms. The van der Waals surface area contributed by atoms with Gasteiger partial charge in [0.1, 0.15) is 17.6 Å². The summed E-state index contributed by atoms with van der Waals surface area (Å²) in [6, 6.07) is 16.5. The van der Waals surface area contributed by atoms with E-state index >= 15 is 0 Å². The van der Waals surface area contributed by atoms with E-state index in [0.29, 0.717) is 11.3 Å². The van der Waals surface area contributed by atoms with E-state index in [4.69, 9.17) is 9.47 Å². The molecule has 1 amide bonds. The van der Waals surface area contributed by atoms with Crippen LogP contribution in [0, 0.1) is 0 Å². The fourth-order valence-electron chi connectivity index (χ4n) is 3.45. The summed E-state index contributed by atoms with van der Waals surface area (Å²) in [6.45, 7) is 3.73. The zero-order valence-corrected chi connectivity index (χ0v) is 16.1. The number of methoxy groups -OCH3 is 1. The van der Waals surface area contributed by atoms with Gasteiger partial charge in [-0.1, -0.05) is 43.0 Å². The number of nitrogens with zero attached hydrogens (tertiary/aromatic N) is 1. The predicted octanol–water partition coefficient (Wildman–Crippen LogP) is 3.67. The fraction of sp³-hybridized carbons (Fsp3) is 0.182. The molecule has 6 heteroatoms. The van der Waals surface area contributed by atoms with Gasteiger partial charge >= 0.3 is 5.97 Å². The number of esters is 1. The van der Waals surface area contributed by atoms with E-state index in [0.717, 1.165) is 16.2 Å². The van der Waals surface area contributed by atoms with Gasteiger partial charge in [-0.3, -0.25) is 4.79 Å². The Morgan fingerprint density at radius 1 is 1.18 bits per heavy atom. The van der Waals surface area contributed by atoms with E-state index < -0.39 is 5.97 Å². The summed E-state index contributed by atoms with van der Waals surface area (Å²) in [7, 11) is 1.59. The summed E-state index contributed by atoms with van der Waals surface area (Å²) in [5.41, 5.74) is 2.17. The molecule has 2 atom stereocenters. The van der Waals surface area contributed by atoms with Crippen molar-refractivity contribution in [2.45, 2.75) is 11.3 Å². The predicted molar refractivity (Wildman–Crippen MR) is 110 cm³/mol. The molecule has 2 aromatic rings. The summed E-state index contributed by atoms with van der Waals surface area (Å²) in [6.07, 6.45) is 1.54. The number of fused-ring (bicyclic) bond motifs is 1. The van der Waals surface area contributed by atoms with Gasteiger partial charge in [0.2, 0.25) is 5.91 Å². The molecule has 0 N–H and O–H groups in total. The Bertz CT molecular complexity index is 952. The van der Waals surface area contributed by atoms with Gasteiger partial charge in [0, 0.05) is 10.6 Å². The van der Waals surface area contributed by atoms with Crippen LogP contribution >= 0.6 is 11.8 Å². The molecule has 0 aliphatic carbocycles. The van der Waals surface area contributed by atoms with Crippen molar-refractivity contribution in [2.75, 3.05) is 18.6 Å². The first kappa shape index (κ1) is 18.4. The number of anilines is 1. The highest BCUT2D eigenvalue weighted by Gasteiger charge is 2.57. The van der Waals surface area contributed by atoms with Gasteiger partial charge in [0.05, 0.1) is 18.7 Å². The van der Waals surface area contributed by atoms with Crippen LogP contribution in [0.2, 0.25) is 0 Å². The zero-order valence-electron chi connectivity index (χ0n) is 15.3. The second-order valence-corrected chi connectivity index (χ2v) is 7.54. The summed E-state index contributed by atoms with van der Waals surface area (Å²) in [5, 5.41) is -0.316. The number of hydrogen-bond acceptors (Lipinski definition) is 5. The Morgan fingerprint density at radius 2 is 1.89 bits per heavy atom. The molecule has 0 unspecified atom stereocenters. The first-order chi connectivity index (χ1) is 13.7. The normalized spacial score (nSPS) is 20.5. The largest absolute Gasteiger partial charge is 0.497 e. The highest BCUT2D eigenvalue weighted by atomic mass is 32.2. The maximum absolute atomic E-state index is 12.9. The van der Waals surface area contributed by atoms with E-state index in [1.807, 2.05) is 42.5 Å². The quantitative estimate of drug-likeness (QED) is 0.426. The molecule has 0 saturated carbocycles. The molecule has 2 aliphatic heterocycles. The highest BCUT2D eigenvalue weighted by Crippen LogP contribution is 2.53. The number of amides is 1. The second-order valence-electron chi connectivity index (χ2n) is 6.39. The molecule has 1 saturated heterocycles. The lowest BCUT2D eigenvalue weighted by Crippen LogP contribution is -2.63. The first-order valence-electron chi connectivity index (χ1n) is 8.87. The number of β-lactam (4-membered cyclic amide) rings is 1. The monoisotopic (exact) mass is 393 g/mol. The van der Waals surface area contributed by atoms with Crippen molar-refractivity contribution < 1.29 is 19.1 Å². The minimum Gasteiger partial charge on any atom is -0.497 e. The Morgan fingerprint density at radius 3 is 2.54 bits per heavy atom. The van der Waals surface area contributed by atoms with E-state index in [9.17, 15) is 9.59 Å². The first-order valence-corrected chi connectivity index (χ1v) is 9.75. The van der Waals surface area contributed by atoms with Gasteiger partial charge in [-0.15, -0.1) is 11.8 Å². The van der Waals surface area contributed by atoms with Crippen LogP contribution in [0.15, 0.2) is 72.8 Å². The molecule has 4 rings (SSSR count). The SMILES string of the molecule is C=CCOC(=O)C1=C(c2ccccc2)S[C@@H]2C(=O)N(c3ccc(OC)cc3)[C@H]12. The van der Waals surface area contributed by atoms with Crippen LogP contribution in [-0.4, -0.2) is 36.9 Å². The number of hydrogen-bond donors (Lipinski definition) is 0. The van der Waals surface area contributed by atoms with Crippen LogP contribution in [-0.2, 0) is 14.3 Å². The van der Waals surface area contributed by atoms with Crippen LogP contribution in [0.25, 0.3) is 4.91 Å². The van der Waals surface area contributed by atoms with Gasteiger partial charge in [0.15, 0.2) is 0 Å². The third kappa shape index (κ3) is 2.99. The Kier molecular flexibility index (Phi) is 4.96. The molecule has 0 radical (unpaired) electrons. The van der Waals surface area contributed by atoms with Crippen LogP contribution in [0.1, 0.15) is 5.56 Å². The topological polar surface area (TPSA) is 55.8 Å². The Labute approximate surface area is 167 Å². The highest BCUT2D eigenvalue weighted by molar-refractivity contribution is 8.10. The minimum absolute atomic E-state index is 0.0138. The van der Waals surface area contributed by atoms with Gasteiger partial charge < -0.3 is 14.4 Å². The molecule has 0 spiro atoms. The van der Waals surface area contributed by atoms with Crippen LogP contribution in [0.3, 0.4) is 0 Å². The van der Waals surface area contributed by atoms with Crippen molar-refractivity contribution in [2.24, 2.45) is 0 Å².